The van der Waals surface area contributed by atoms with Crippen molar-refractivity contribution in [1.82, 2.24) is 9.88 Å². The Labute approximate surface area is 179 Å². The number of phenols is 1. The number of hydrogen-bond acceptors (Lipinski definition) is 7. The zero-order valence-corrected chi connectivity index (χ0v) is 18.3. The van der Waals surface area contributed by atoms with Crippen LogP contribution in [-0.2, 0) is 9.53 Å². The summed E-state index contributed by atoms with van der Waals surface area (Å²) < 4.78 is 5.56. The Bertz CT molecular complexity index is 995. The maximum Gasteiger partial charge on any atom is 0.290 e. The summed E-state index contributed by atoms with van der Waals surface area (Å²) in [5.74, 6) is -1.55. The number of amides is 1. The smallest absolute Gasteiger partial charge is 0.290 e. The van der Waals surface area contributed by atoms with Gasteiger partial charge in [-0.1, -0.05) is 12.1 Å². The predicted octanol–water partition coefficient (Wildman–Crippen LogP) is 3.86. The molecule has 0 radical (unpaired) electrons. The quantitative estimate of drug-likeness (QED) is 0.487. The van der Waals surface area contributed by atoms with E-state index in [1.165, 1.54) is 28.4 Å². The number of aliphatic hydroxyl groups is 1. The van der Waals surface area contributed by atoms with Gasteiger partial charge in [0.15, 0.2) is 5.76 Å². The van der Waals surface area contributed by atoms with Gasteiger partial charge >= 0.3 is 0 Å². The number of Topliss-reactive ketones (excluding diaryl/α,β-unsaturated/α-hetero) is 1. The second-order valence-corrected chi connectivity index (χ2v) is 8.71. The summed E-state index contributed by atoms with van der Waals surface area (Å²) in [7, 11) is 0. The Balaban J connectivity index is 1.99. The molecule has 1 aliphatic heterocycles. The molecule has 0 fully saturated rings. The number of benzene rings is 1. The van der Waals surface area contributed by atoms with Crippen LogP contribution >= 0.6 is 11.3 Å². The summed E-state index contributed by atoms with van der Waals surface area (Å²) in [6.45, 7) is 8.14. The Hall–Kier alpha value is -2.71. The van der Waals surface area contributed by atoms with Gasteiger partial charge < -0.3 is 19.8 Å². The minimum absolute atomic E-state index is 0.0159. The lowest BCUT2D eigenvalue weighted by Crippen LogP contribution is -2.32. The maximum atomic E-state index is 13.4. The number of aromatic hydroxyl groups is 1. The third-order valence-corrected chi connectivity index (χ3v) is 5.91. The number of carbonyl (C=O) groups excluding carboxylic acids is 2. The number of ketones is 1. The fourth-order valence-electron chi connectivity index (χ4n) is 3.58. The molecule has 3 rings (SSSR count). The normalized spacial score (nSPS) is 16.8. The Morgan fingerprint density at radius 1 is 1.30 bits per heavy atom. The van der Waals surface area contributed by atoms with Gasteiger partial charge in [-0.3, -0.25) is 9.59 Å². The van der Waals surface area contributed by atoms with Crippen LogP contribution in [0.4, 0.5) is 0 Å². The van der Waals surface area contributed by atoms with E-state index in [1.54, 1.807) is 26.0 Å². The van der Waals surface area contributed by atoms with Crippen LogP contribution in [-0.4, -0.2) is 51.0 Å². The highest BCUT2D eigenvalue weighted by Crippen LogP contribution is 2.40. The summed E-state index contributed by atoms with van der Waals surface area (Å²) in [6, 6.07) is 5.61. The average Bonchev–Trinajstić information content (AvgIpc) is 3.15. The minimum atomic E-state index is -0.794. The number of aryl methyl sites for hydroxylation is 2. The zero-order chi connectivity index (χ0) is 22.0. The first kappa shape index (κ1) is 22.0. The van der Waals surface area contributed by atoms with Crippen molar-refractivity contribution in [2.45, 2.75) is 46.3 Å². The highest BCUT2D eigenvalue weighted by atomic mass is 32.1. The van der Waals surface area contributed by atoms with E-state index >= 15 is 0 Å². The zero-order valence-electron chi connectivity index (χ0n) is 17.5. The molecule has 1 aliphatic rings. The fourth-order valence-corrected chi connectivity index (χ4v) is 4.45. The lowest BCUT2D eigenvalue weighted by Gasteiger charge is -2.27. The van der Waals surface area contributed by atoms with Gasteiger partial charge in [0.2, 0.25) is 5.78 Å². The van der Waals surface area contributed by atoms with E-state index in [9.17, 15) is 19.8 Å². The number of nitrogens with zero attached hydrogens (tertiary/aromatic N) is 2. The number of aromatic nitrogens is 1. The van der Waals surface area contributed by atoms with E-state index in [-0.39, 0.29) is 17.4 Å². The molecule has 0 aliphatic carbocycles. The van der Waals surface area contributed by atoms with Crippen molar-refractivity contribution >= 4 is 23.0 Å². The number of rotatable bonds is 8. The molecule has 1 amide bonds. The standard InChI is InChI=1S/C22H26N2O5S/c1-12(2)29-10-6-9-24-18(15-7-5-8-16(25)11-15)17(20(27)22(24)28)19(26)21-13(3)23-14(4)30-21/h5,7-8,11-12,18,25,27H,6,9-10H2,1-4H3. The monoisotopic (exact) mass is 430 g/mol. The Kier molecular flexibility index (Phi) is 6.58. The molecule has 0 spiro atoms. The van der Waals surface area contributed by atoms with Crippen LogP contribution in [0.2, 0.25) is 0 Å². The van der Waals surface area contributed by atoms with E-state index in [0.29, 0.717) is 35.7 Å². The van der Waals surface area contributed by atoms with E-state index in [1.807, 2.05) is 13.8 Å². The summed E-state index contributed by atoms with van der Waals surface area (Å²) in [5, 5.41) is 21.4. The number of hydrogen-bond donors (Lipinski definition) is 2. The average molecular weight is 431 g/mol. The third-order valence-electron chi connectivity index (χ3n) is 4.84. The molecule has 2 aromatic rings. The number of thiazole rings is 1. The van der Waals surface area contributed by atoms with E-state index in [2.05, 4.69) is 4.98 Å². The molecule has 0 saturated heterocycles. The topological polar surface area (TPSA) is 100.0 Å². The van der Waals surface area contributed by atoms with E-state index < -0.39 is 23.5 Å². The van der Waals surface area contributed by atoms with Crippen LogP contribution in [0.15, 0.2) is 35.6 Å². The second kappa shape index (κ2) is 8.97. The van der Waals surface area contributed by atoms with Crippen LogP contribution in [0, 0.1) is 13.8 Å². The van der Waals surface area contributed by atoms with Gasteiger partial charge in [0.1, 0.15) is 5.75 Å². The molecule has 0 bridgehead atoms. The largest absolute Gasteiger partial charge is 0.508 e. The first-order valence-corrected chi connectivity index (χ1v) is 10.7. The van der Waals surface area contributed by atoms with Crippen molar-refractivity contribution in [2.75, 3.05) is 13.2 Å². The summed E-state index contributed by atoms with van der Waals surface area (Å²) in [4.78, 5) is 32.4. The minimum Gasteiger partial charge on any atom is -0.508 e. The van der Waals surface area contributed by atoms with Crippen molar-refractivity contribution < 1.29 is 24.5 Å². The molecule has 30 heavy (non-hydrogen) atoms. The van der Waals surface area contributed by atoms with Crippen LogP contribution in [0.25, 0.3) is 0 Å². The fraction of sp³-hybridized carbons (Fsp3) is 0.409. The van der Waals surface area contributed by atoms with Crippen LogP contribution in [0.1, 0.15) is 52.2 Å². The van der Waals surface area contributed by atoms with Gasteiger partial charge in [0.05, 0.1) is 33.3 Å². The lowest BCUT2D eigenvalue weighted by atomic mass is 9.95. The molecule has 1 aromatic heterocycles. The molecule has 2 N–H and O–H groups in total. The van der Waals surface area contributed by atoms with Gasteiger partial charge in [-0.15, -0.1) is 11.3 Å². The Morgan fingerprint density at radius 3 is 2.63 bits per heavy atom. The number of phenolic OH excluding ortho intramolecular Hbond substituents is 1. The van der Waals surface area contributed by atoms with Crippen LogP contribution in [0.5, 0.6) is 5.75 Å². The summed E-state index contributed by atoms with van der Waals surface area (Å²) in [6.07, 6.45) is 0.620. The number of ether oxygens (including phenoxy) is 1. The summed E-state index contributed by atoms with van der Waals surface area (Å²) >= 11 is 1.23. The van der Waals surface area contributed by atoms with Gasteiger partial charge in [-0.05, 0) is 51.8 Å². The van der Waals surface area contributed by atoms with Gasteiger partial charge in [0, 0.05) is 13.2 Å². The first-order valence-electron chi connectivity index (χ1n) is 9.84. The second-order valence-electron chi connectivity index (χ2n) is 7.51. The van der Waals surface area contributed by atoms with Crippen molar-refractivity contribution in [3.8, 4) is 5.75 Å². The highest BCUT2D eigenvalue weighted by Gasteiger charge is 2.44. The van der Waals surface area contributed by atoms with Gasteiger partial charge in [0.25, 0.3) is 5.91 Å². The molecule has 2 heterocycles. The SMILES string of the molecule is Cc1nc(C)c(C(=O)C2=C(O)C(=O)N(CCCOC(C)C)C2c2cccc(O)c2)s1. The van der Waals surface area contributed by atoms with Crippen molar-refractivity contribution in [2.24, 2.45) is 0 Å². The highest BCUT2D eigenvalue weighted by molar-refractivity contribution is 7.14. The van der Waals surface area contributed by atoms with Crippen LogP contribution in [0.3, 0.4) is 0 Å². The van der Waals surface area contributed by atoms with Crippen molar-refractivity contribution in [1.29, 1.82) is 0 Å². The van der Waals surface area contributed by atoms with Gasteiger partial charge in [-0.25, -0.2) is 4.98 Å². The molecule has 1 unspecified atom stereocenters. The molecule has 1 aromatic carbocycles. The first-order chi connectivity index (χ1) is 14.2. The van der Waals surface area contributed by atoms with Crippen molar-refractivity contribution in [3.05, 3.63) is 56.7 Å². The Morgan fingerprint density at radius 2 is 2.03 bits per heavy atom. The molecule has 1 atom stereocenters. The summed E-state index contributed by atoms with van der Waals surface area (Å²) in [5.41, 5.74) is 1.13. The van der Waals surface area contributed by atoms with Crippen molar-refractivity contribution in [3.63, 3.8) is 0 Å². The molecular formula is C22H26N2O5S. The van der Waals surface area contributed by atoms with Crippen LogP contribution < -0.4 is 0 Å². The maximum absolute atomic E-state index is 13.4. The molecular weight excluding hydrogens is 404 g/mol. The molecule has 7 nitrogen and oxygen atoms in total. The third kappa shape index (κ3) is 4.39. The molecule has 0 saturated carbocycles. The predicted molar refractivity (Wildman–Crippen MR) is 114 cm³/mol. The van der Waals surface area contributed by atoms with E-state index in [0.717, 1.165) is 5.01 Å². The van der Waals surface area contributed by atoms with E-state index in [4.69, 9.17) is 4.74 Å². The molecule has 160 valence electrons. The number of aliphatic hydroxyl groups excluding tert-OH is 1. The van der Waals surface area contributed by atoms with Gasteiger partial charge in [-0.2, -0.15) is 0 Å². The molecule has 8 heteroatoms. The number of carbonyl (C=O) groups is 2. The lowest BCUT2D eigenvalue weighted by molar-refractivity contribution is -0.129.